The summed E-state index contributed by atoms with van der Waals surface area (Å²) in [6, 6.07) is -0.564. The molecule has 0 aliphatic heterocycles. The van der Waals surface area contributed by atoms with Gasteiger partial charge in [0, 0.05) is 0 Å². The van der Waals surface area contributed by atoms with Crippen LogP contribution in [0.4, 0.5) is 0 Å². The van der Waals surface area contributed by atoms with E-state index in [2.05, 4.69) is 5.32 Å². The van der Waals surface area contributed by atoms with Gasteiger partial charge in [0.2, 0.25) is 0 Å². The molecule has 0 saturated heterocycles. The SMILES string of the molecule is CNC(COC1CCC1)C(=O)O. The summed E-state index contributed by atoms with van der Waals surface area (Å²) in [5.74, 6) is -0.850. The number of likely N-dealkylation sites (N-methyl/N-ethyl adjacent to an activating group) is 1. The molecule has 1 unspecified atom stereocenters. The van der Waals surface area contributed by atoms with Crippen LogP contribution < -0.4 is 5.32 Å². The third-order valence-corrected chi connectivity index (χ3v) is 2.20. The third-order valence-electron chi connectivity index (χ3n) is 2.20. The first-order valence-electron chi connectivity index (χ1n) is 4.25. The van der Waals surface area contributed by atoms with Crippen molar-refractivity contribution >= 4 is 5.97 Å². The lowest BCUT2D eigenvalue weighted by Gasteiger charge is -2.26. The molecule has 1 aliphatic rings. The number of hydrogen-bond acceptors (Lipinski definition) is 3. The quantitative estimate of drug-likeness (QED) is 0.624. The van der Waals surface area contributed by atoms with Gasteiger partial charge in [0.05, 0.1) is 12.7 Å². The summed E-state index contributed by atoms with van der Waals surface area (Å²) in [4.78, 5) is 10.5. The molecule has 0 bridgehead atoms. The predicted octanol–water partition coefficient (Wildman–Crippen LogP) is 0.228. The highest BCUT2D eigenvalue weighted by Gasteiger charge is 2.21. The second-order valence-electron chi connectivity index (χ2n) is 3.07. The van der Waals surface area contributed by atoms with Crippen LogP contribution in [0.15, 0.2) is 0 Å². The monoisotopic (exact) mass is 173 g/mol. The lowest BCUT2D eigenvalue weighted by Crippen LogP contribution is -2.40. The average Bonchev–Trinajstić information content (AvgIpc) is 1.93. The number of nitrogens with one attached hydrogen (secondary N) is 1. The normalized spacial score (nSPS) is 20.1. The highest BCUT2D eigenvalue weighted by Crippen LogP contribution is 2.21. The first kappa shape index (κ1) is 9.48. The number of carboxylic acids is 1. The van der Waals surface area contributed by atoms with E-state index in [0.717, 1.165) is 12.8 Å². The van der Waals surface area contributed by atoms with Crippen molar-refractivity contribution in [3.63, 3.8) is 0 Å². The van der Waals surface area contributed by atoms with Crippen molar-refractivity contribution in [1.29, 1.82) is 0 Å². The lowest BCUT2D eigenvalue weighted by atomic mass is 9.96. The zero-order valence-corrected chi connectivity index (χ0v) is 7.25. The van der Waals surface area contributed by atoms with E-state index in [1.165, 1.54) is 6.42 Å². The Bertz CT molecular complexity index is 156. The van der Waals surface area contributed by atoms with Crippen LogP contribution in [0.5, 0.6) is 0 Å². The van der Waals surface area contributed by atoms with Crippen LogP contribution in [0.2, 0.25) is 0 Å². The number of carbonyl (C=O) groups is 1. The summed E-state index contributed by atoms with van der Waals surface area (Å²) in [5.41, 5.74) is 0. The highest BCUT2D eigenvalue weighted by molar-refractivity contribution is 5.73. The standard InChI is InChI=1S/C8H15NO3/c1-9-7(8(10)11)5-12-6-3-2-4-6/h6-7,9H,2-5H2,1H3,(H,10,11). The van der Waals surface area contributed by atoms with Crippen molar-refractivity contribution in [3.05, 3.63) is 0 Å². The molecule has 1 aliphatic carbocycles. The van der Waals surface area contributed by atoms with Gasteiger partial charge in [-0.1, -0.05) is 0 Å². The molecule has 1 rings (SSSR count). The maximum absolute atomic E-state index is 10.5. The topological polar surface area (TPSA) is 58.6 Å². The maximum Gasteiger partial charge on any atom is 0.323 e. The molecule has 0 amide bonds. The minimum absolute atomic E-state index is 0.274. The first-order chi connectivity index (χ1) is 5.74. The first-order valence-corrected chi connectivity index (χ1v) is 4.25. The van der Waals surface area contributed by atoms with Crippen molar-refractivity contribution in [2.24, 2.45) is 0 Å². The Hall–Kier alpha value is -0.610. The van der Waals surface area contributed by atoms with Crippen molar-refractivity contribution < 1.29 is 14.6 Å². The second-order valence-corrected chi connectivity index (χ2v) is 3.07. The van der Waals surface area contributed by atoms with Crippen LogP contribution in [-0.2, 0) is 9.53 Å². The second kappa shape index (κ2) is 4.42. The maximum atomic E-state index is 10.5. The summed E-state index contributed by atoms with van der Waals surface area (Å²) in [6.45, 7) is 0.274. The molecule has 2 N–H and O–H groups in total. The van der Waals surface area contributed by atoms with Gasteiger partial charge in [-0.25, -0.2) is 0 Å². The Morgan fingerprint density at radius 2 is 2.42 bits per heavy atom. The molecule has 4 heteroatoms. The van der Waals surface area contributed by atoms with E-state index in [1.54, 1.807) is 7.05 Å². The summed E-state index contributed by atoms with van der Waals surface area (Å²) in [5, 5.41) is 11.3. The minimum Gasteiger partial charge on any atom is -0.480 e. The molecule has 0 aromatic heterocycles. The molecular weight excluding hydrogens is 158 g/mol. The van der Waals surface area contributed by atoms with Gasteiger partial charge in [-0.3, -0.25) is 4.79 Å². The van der Waals surface area contributed by atoms with E-state index >= 15 is 0 Å². The molecule has 0 aromatic rings. The van der Waals surface area contributed by atoms with Crippen molar-refractivity contribution in [2.45, 2.75) is 31.4 Å². The third kappa shape index (κ3) is 2.46. The Balaban J connectivity index is 2.13. The fourth-order valence-electron chi connectivity index (χ4n) is 1.05. The Morgan fingerprint density at radius 1 is 1.75 bits per heavy atom. The van der Waals surface area contributed by atoms with Crippen LogP contribution >= 0.6 is 0 Å². The van der Waals surface area contributed by atoms with Gasteiger partial charge in [-0.15, -0.1) is 0 Å². The summed E-state index contributed by atoms with van der Waals surface area (Å²) >= 11 is 0. The molecule has 0 heterocycles. The summed E-state index contributed by atoms with van der Waals surface area (Å²) in [7, 11) is 1.63. The van der Waals surface area contributed by atoms with Crippen molar-refractivity contribution in [3.8, 4) is 0 Å². The van der Waals surface area contributed by atoms with Gasteiger partial charge in [0.15, 0.2) is 0 Å². The zero-order valence-electron chi connectivity index (χ0n) is 7.25. The van der Waals surface area contributed by atoms with E-state index in [4.69, 9.17) is 9.84 Å². The Kier molecular flexibility index (Phi) is 3.49. The molecule has 1 fully saturated rings. The van der Waals surface area contributed by atoms with Crippen molar-refractivity contribution in [2.75, 3.05) is 13.7 Å². The molecule has 70 valence electrons. The van der Waals surface area contributed by atoms with Gasteiger partial charge >= 0.3 is 5.97 Å². The number of aliphatic carboxylic acids is 1. The van der Waals surface area contributed by atoms with Gasteiger partial charge < -0.3 is 15.2 Å². The number of rotatable bonds is 5. The van der Waals surface area contributed by atoms with Gasteiger partial charge in [-0.05, 0) is 26.3 Å². The summed E-state index contributed by atoms with van der Waals surface area (Å²) < 4.78 is 5.35. The van der Waals surface area contributed by atoms with Crippen LogP contribution in [0, 0.1) is 0 Å². The van der Waals surface area contributed by atoms with Crippen LogP contribution in [-0.4, -0.2) is 36.9 Å². The Labute approximate surface area is 71.9 Å². The van der Waals surface area contributed by atoms with E-state index in [-0.39, 0.29) is 6.61 Å². The fraction of sp³-hybridized carbons (Fsp3) is 0.875. The molecule has 4 nitrogen and oxygen atoms in total. The van der Waals surface area contributed by atoms with Gasteiger partial charge in [0.1, 0.15) is 6.04 Å². The Morgan fingerprint density at radius 3 is 2.75 bits per heavy atom. The molecule has 0 aromatic carbocycles. The molecule has 0 spiro atoms. The molecular formula is C8H15NO3. The van der Waals surface area contributed by atoms with Crippen LogP contribution in [0.1, 0.15) is 19.3 Å². The van der Waals surface area contributed by atoms with Gasteiger partial charge in [0.25, 0.3) is 0 Å². The minimum atomic E-state index is -0.850. The number of ether oxygens (including phenoxy) is 1. The summed E-state index contributed by atoms with van der Waals surface area (Å²) in [6.07, 6.45) is 3.67. The zero-order chi connectivity index (χ0) is 8.97. The number of hydrogen-bond donors (Lipinski definition) is 2. The van der Waals surface area contributed by atoms with E-state index in [1.807, 2.05) is 0 Å². The highest BCUT2D eigenvalue weighted by atomic mass is 16.5. The lowest BCUT2D eigenvalue weighted by molar-refractivity contribution is -0.142. The molecule has 1 saturated carbocycles. The van der Waals surface area contributed by atoms with Crippen molar-refractivity contribution in [1.82, 2.24) is 5.32 Å². The van der Waals surface area contributed by atoms with E-state index in [0.29, 0.717) is 6.10 Å². The predicted molar refractivity (Wildman–Crippen MR) is 44.1 cm³/mol. The van der Waals surface area contributed by atoms with E-state index in [9.17, 15) is 4.79 Å². The fourth-order valence-corrected chi connectivity index (χ4v) is 1.05. The average molecular weight is 173 g/mol. The largest absolute Gasteiger partial charge is 0.480 e. The van der Waals surface area contributed by atoms with E-state index < -0.39 is 12.0 Å². The number of carboxylic acid groups (broad SMARTS) is 1. The van der Waals surface area contributed by atoms with Crippen LogP contribution in [0.3, 0.4) is 0 Å². The molecule has 0 radical (unpaired) electrons. The van der Waals surface area contributed by atoms with Gasteiger partial charge in [-0.2, -0.15) is 0 Å². The molecule has 1 atom stereocenters. The smallest absolute Gasteiger partial charge is 0.323 e. The molecule has 12 heavy (non-hydrogen) atoms. The van der Waals surface area contributed by atoms with Crippen LogP contribution in [0.25, 0.3) is 0 Å².